The zero-order valence-electron chi connectivity index (χ0n) is 12.1. The van der Waals surface area contributed by atoms with Crippen molar-refractivity contribution in [2.24, 2.45) is 0 Å². The van der Waals surface area contributed by atoms with Crippen LogP contribution >= 0.6 is 0 Å². The molecule has 18 heavy (non-hydrogen) atoms. The molecule has 2 unspecified atom stereocenters. The van der Waals surface area contributed by atoms with Gasteiger partial charge in [-0.15, -0.1) is 0 Å². The van der Waals surface area contributed by atoms with Crippen molar-refractivity contribution in [1.29, 1.82) is 0 Å². The minimum absolute atomic E-state index is 0.126. The van der Waals surface area contributed by atoms with Crippen LogP contribution in [0.25, 0.3) is 0 Å². The van der Waals surface area contributed by atoms with Gasteiger partial charge in [-0.3, -0.25) is 4.98 Å². The molecule has 0 saturated carbocycles. The quantitative estimate of drug-likeness (QED) is 0.809. The van der Waals surface area contributed by atoms with E-state index in [-0.39, 0.29) is 6.10 Å². The van der Waals surface area contributed by atoms with Gasteiger partial charge in [0.2, 0.25) is 5.88 Å². The number of rotatable bonds is 7. The van der Waals surface area contributed by atoms with Crippen molar-refractivity contribution in [3.63, 3.8) is 0 Å². The maximum absolute atomic E-state index is 5.60. The Labute approximate surface area is 110 Å². The summed E-state index contributed by atoms with van der Waals surface area (Å²) in [6, 6.07) is 0.392. The maximum Gasteiger partial charge on any atom is 0.232 e. The van der Waals surface area contributed by atoms with Gasteiger partial charge in [-0.1, -0.05) is 13.8 Å². The Morgan fingerprint density at radius 2 is 1.94 bits per heavy atom. The monoisotopic (exact) mass is 251 g/mol. The van der Waals surface area contributed by atoms with Gasteiger partial charge in [0.15, 0.2) is 0 Å². The minimum atomic E-state index is 0.126. The largest absolute Gasteiger partial charge is 0.474 e. The Bertz CT molecular complexity index is 355. The Morgan fingerprint density at radius 3 is 2.50 bits per heavy atom. The van der Waals surface area contributed by atoms with E-state index in [9.17, 15) is 0 Å². The first kappa shape index (κ1) is 14.9. The SMILES string of the molecule is CCNC(C)C(CC)c1cncc(OC(C)C)n1. The van der Waals surface area contributed by atoms with Crippen molar-refractivity contribution in [3.8, 4) is 5.88 Å². The van der Waals surface area contributed by atoms with Gasteiger partial charge in [0.1, 0.15) is 0 Å². The van der Waals surface area contributed by atoms with Crippen LogP contribution in [0.1, 0.15) is 52.7 Å². The van der Waals surface area contributed by atoms with E-state index in [0.29, 0.717) is 17.8 Å². The molecule has 0 aromatic carbocycles. The fraction of sp³-hybridized carbons (Fsp3) is 0.714. The van der Waals surface area contributed by atoms with E-state index in [1.807, 2.05) is 20.0 Å². The topological polar surface area (TPSA) is 47.0 Å². The summed E-state index contributed by atoms with van der Waals surface area (Å²) < 4.78 is 5.60. The number of hydrogen-bond acceptors (Lipinski definition) is 4. The lowest BCUT2D eigenvalue weighted by Gasteiger charge is -2.23. The summed E-state index contributed by atoms with van der Waals surface area (Å²) in [4.78, 5) is 8.80. The highest BCUT2D eigenvalue weighted by molar-refractivity contribution is 5.14. The third-order valence-electron chi connectivity index (χ3n) is 2.94. The van der Waals surface area contributed by atoms with Crippen LogP contribution in [0.3, 0.4) is 0 Å². The molecule has 0 radical (unpaired) electrons. The van der Waals surface area contributed by atoms with Gasteiger partial charge >= 0.3 is 0 Å². The number of nitrogens with one attached hydrogen (secondary N) is 1. The highest BCUT2D eigenvalue weighted by Gasteiger charge is 2.19. The van der Waals surface area contributed by atoms with E-state index in [4.69, 9.17) is 4.74 Å². The number of nitrogens with zero attached hydrogens (tertiary/aromatic N) is 2. The van der Waals surface area contributed by atoms with Crippen LogP contribution in [0.2, 0.25) is 0 Å². The second-order valence-corrected chi connectivity index (χ2v) is 4.81. The zero-order chi connectivity index (χ0) is 13.5. The average Bonchev–Trinajstić information content (AvgIpc) is 2.30. The summed E-state index contributed by atoms with van der Waals surface area (Å²) >= 11 is 0. The van der Waals surface area contributed by atoms with Crippen molar-refractivity contribution in [2.75, 3.05) is 6.54 Å². The molecule has 1 aromatic rings. The first-order valence-corrected chi connectivity index (χ1v) is 6.80. The summed E-state index contributed by atoms with van der Waals surface area (Å²) in [5.41, 5.74) is 1.00. The predicted molar refractivity (Wildman–Crippen MR) is 74.0 cm³/mol. The normalized spacial score (nSPS) is 14.6. The molecule has 0 spiro atoms. The van der Waals surface area contributed by atoms with E-state index in [1.54, 1.807) is 6.20 Å². The van der Waals surface area contributed by atoms with Crippen molar-refractivity contribution >= 4 is 0 Å². The molecule has 102 valence electrons. The first-order chi connectivity index (χ1) is 8.58. The number of likely N-dealkylation sites (N-methyl/N-ethyl adjacent to an activating group) is 1. The second kappa shape index (κ2) is 7.31. The average molecular weight is 251 g/mol. The van der Waals surface area contributed by atoms with Gasteiger partial charge in [-0.25, -0.2) is 4.98 Å². The molecule has 0 aliphatic rings. The fourth-order valence-corrected chi connectivity index (χ4v) is 2.12. The van der Waals surface area contributed by atoms with Crippen LogP contribution in [0.5, 0.6) is 5.88 Å². The standard InChI is InChI=1S/C14H25N3O/c1-6-12(11(5)16-7-2)13-8-15-9-14(17-13)18-10(3)4/h8-12,16H,6-7H2,1-5H3. The highest BCUT2D eigenvalue weighted by Crippen LogP contribution is 2.22. The molecule has 1 heterocycles. The molecule has 1 aromatic heterocycles. The Kier molecular flexibility index (Phi) is 6.05. The lowest BCUT2D eigenvalue weighted by molar-refractivity contribution is 0.230. The minimum Gasteiger partial charge on any atom is -0.474 e. The summed E-state index contributed by atoms with van der Waals surface area (Å²) in [5, 5.41) is 3.45. The lowest BCUT2D eigenvalue weighted by Crippen LogP contribution is -2.32. The molecule has 0 aliphatic carbocycles. The molecular formula is C14H25N3O. The summed E-state index contributed by atoms with van der Waals surface area (Å²) in [5.74, 6) is 0.984. The summed E-state index contributed by atoms with van der Waals surface area (Å²) in [6.07, 6.45) is 4.68. The van der Waals surface area contributed by atoms with Crippen molar-refractivity contribution in [3.05, 3.63) is 18.1 Å². The molecule has 0 aliphatic heterocycles. The molecule has 0 saturated heterocycles. The lowest BCUT2D eigenvalue weighted by atomic mass is 9.95. The molecular weight excluding hydrogens is 226 g/mol. The zero-order valence-corrected chi connectivity index (χ0v) is 12.1. The molecule has 0 amide bonds. The van der Waals surface area contributed by atoms with Gasteiger partial charge in [0, 0.05) is 18.2 Å². The summed E-state index contributed by atoms with van der Waals surface area (Å²) in [6.45, 7) is 11.4. The van der Waals surface area contributed by atoms with Crippen LogP contribution in [0.15, 0.2) is 12.4 Å². The third kappa shape index (κ3) is 4.26. The first-order valence-electron chi connectivity index (χ1n) is 6.80. The molecule has 1 rings (SSSR count). The van der Waals surface area contributed by atoms with E-state index in [1.165, 1.54) is 0 Å². The number of aromatic nitrogens is 2. The van der Waals surface area contributed by atoms with Crippen LogP contribution in [0.4, 0.5) is 0 Å². The van der Waals surface area contributed by atoms with Crippen LogP contribution < -0.4 is 10.1 Å². The highest BCUT2D eigenvalue weighted by atomic mass is 16.5. The number of hydrogen-bond donors (Lipinski definition) is 1. The second-order valence-electron chi connectivity index (χ2n) is 4.81. The van der Waals surface area contributed by atoms with E-state index < -0.39 is 0 Å². The van der Waals surface area contributed by atoms with Gasteiger partial charge in [-0.05, 0) is 33.7 Å². The Hall–Kier alpha value is -1.16. The van der Waals surface area contributed by atoms with Gasteiger partial charge in [0.05, 0.1) is 18.0 Å². The maximum atomic E-state index is 5.60. The van der Waals surface area contributed by atoms with Crippen molar-refractivity contribution < 1.29 is 4.74 Å². The van der Waals surface area contributed by atoms with Crippen LogP contribution in [0, 0.1) is 0 Å². The molecule has 0 bridgehead atoms. The molecule has 4 heteroatoms. The van der Waals surface area contributed by atoms with E-state index in [2.05, 4.69) is 36.1 Å². The molecule has 4 nitrogen and oxygen atoms in total. The van der Waals surface area contributed by atoms with Crippen LogP contribution in [-0.2, 0) is 0 Å². The molecule has 1 N–H and O–H groups in total. The molecule has 2 atom stereocenters. The van der Waals surface area contributed by atoms with Gasteiger partial charge in [0.25, 0.3) is 0 Å². The van der Waals surface area contributed by atoms with Gasteiger partial charge < -0.3 is 10.1 Å². The number of ether oxygens (including phenoxy) is 1. The van der Waals surface area contributed by atoms with Gasteiger partial charge in [-0.2, -0.15) is 0 Å². The predicted octanol–water partition coefficient (Wildman–Crippen LogP) is 2.76. The van der Waals surface area contributed by atoms with Crippen molar-refractivity contribution in [2.45, 2.75) is 59.1 Å². The van der Waals surface area contributed by atoms with Crippen molar-refractivity contribution in [1.82, 2.24) is 15.3 Å². The van der Waals surface area contributed by atoms with E-state index >= 15 is 0 Å². The van der Waals surface area contributed by atoms with E-state index in [0.717, 1.165) is 18.7 Å². The third-order valence-corrected chi connectivity index (χ3v) is 2.94. The fourth-order valence-electron chi connectivity index (χ4n) is 2.12. The Balaban J connectivity index is 2.85. The smallest absolute Gasteiger partial charge is 0.232 e. The molecule has 0 fully saturated rings. The van der Waals surface area contributed by atoms with Crippen LogP contribution in [-0.4, -0.2) is 28.7 Å². The Morgan fingerprint density at radius 1 is 1.22 bits per heavy atom. The summed E-state index contributed by atoms with van der Waals surface area (Å²) in [7, 11) is 0.